The summed E-state index contributed by atoms with van der Waals surface area (Å²) >= 11 is 0. The van der Waals surface area contributed by atoms with Crippen molar-refractivity contribution in [3.8, 4) is 0 Å². The van der Waals surface area contributed by atoms with Crippen molar-refractivity contribution >= 4 is 17.5 Å². The molecule has 0 saturated heterocycles. The van der Waals surface area contributed by atoms with E-state index in [1.54, 1.807) is 0 Å². The largest absolute Gasteiger partial charge is 0.341 e. The first-order chi connectivity index (χ1) is 13.2. The van der Waals surface area contributed by atoms with E-state index in [0.717, 1.165) is 30.5 Å². The third-order valence-corrected chi connectivity index (χ3v) is 6.60. The molecule has 0 aromatic heterocycles. The van der Waals surface area contributed by atoms with Gasteiger partial charge in [-0.25, -0.2) is 0 Å². The molecular formula is C24H34N2O2. The van der Waals surface area contributed by atoms with E-state index in [0.29, 0.717) is 12.8 Å². The second-order valence-electron chi connectivity index (χ2n) is 9.47. The molecule has 4 nitrogen and oxygen atoms in total. The Hall–Kier alpha value is -2.10. The summed E-state index contributed by atoms with van der Waals surface area (Å²) in [5.74, 6) is 0.131. The van der Waals surface area contributed by atoms with Crippen LogP contribution in [0.15, 0.2) is 35.9 Å². The summed E-state index contributed by atoms with van der Waals surface area (Å²) in [6.45, 7) is 10.4. The van der Waals surface area contributed by atoms with Crippen LogP contribution >= 0.6 is 0 Å². The standard InChI is InChI=1S/C24H34N2O2/c1-16(2)15-18-20(23(18,4)5)21(27)26-24(13-9-6-10-14-24)22(28)25-19-12-8-7-11-17(19)3/h7-8,11-12,15,18,20H,6,9-10,13-14H2,1-5H3,(H,25,28)(H,26,27). The summed E-state index contributed by atoms with van der Waals surface area (Å²) in [5, 5.41) is 6.30. The second kappa shape index (κ2) is 7.73. The maximum Gasteiger partial charge on any atom is 0.250 e. The molecule has 2 atom stereocenters. The Balaban J connectivity index is 1.78. The highest BCUT2D eigenvalue weighted by molar-refractivity contribution is 6.01. The van der Waals surface area contributed by atoms with Gasteiger partial charge in [-0.2, -0.15) is 0 Å². The van der Waals surface area contributed by atoms with Gasteiger partial charge < -0.3 is 10.6 Å². The predicted molar refractivity (Wildman–Crippen MR) is 114 cm³/mol. The lowest BCUT2D eigenvalue weighted by atomic mass is 9.80. The fourth-order valence-electron chi connectivity index (χ4n) is 4.68. The number of aryl methyl sites for hydroxylation is 1. The Morgan fingerprint density at radius 3 is 2.32 bits per heavy atom. The zero-order valence-corrected chi connectivity index (χ0v) is 17.9. The van der Waals surface area contributed by atoms with Gasteiger partial charge in [-0.15, -0.1) is 0 Å². The number of anilines is 1. The summed E-state index contributed by atoms with van der Waals surface area (Å²) in [7, 11) is 0. The lowest BCUT2D eigenvalue weighted by Crippen LogP contribution is -2.58. The quantitative estimate of drug-likeness (QED) is 0.705. The molecule has 0 aliphatic heterocycles. The van der Waals surface area contributed by atoms with Crippen LogP contribution in [0, 0.1) is 24.2 Å². The van der Waals surface area contributed by atoms with Crippen molar-refractivity contribution < 1.29 is 9.59 Å². The monoisotopic (exact) mass is 382 g/mol. The van der Waals surface area contributed by atoms with E-state index in [1.807, 2.05) is 31.2 Å². The number of para-hydroxylation sites is 1. The normalized spacial score (nSPS) is 24.8. The molecule has 2 amide bonds. The van der Waals surface area contributed by atoms with Crippen LogP contribution < -0.4 is 10.6 Å². The van der Waals surface area contributed by atoms with Crippen molar-refractivity contribution in [2.24, 2.45) is 17.3 Å². The van der Waals surface area contributed by atoms with E-state index >= 15 is 0 Å². The van der Waals surface area contributed by atoms with E-state index in [2.05, 4.69) is 44.4 Å². The molecule has 0 heterocycles. The van der Waals surface area contributed by atoms with Gasteiger partial charge in [0.05, 0.1) is 5.92 Å². The van der Waals surface area contributed by atoms with Gasteiger partial charge in [0, 0.05) is 5.69 Å². The van der Waals surface area contributed by atoms with Crippen molar-refractivity contribution in [2.45, 2.75) is 72.3 Å². The molecule has 2 saturated carbocycles. The van der Waals surface area contributed by atoms with E-state index in [9.17, 15) is 9.59 Å². The first-order valence-electron chi connectivity index (χ1n) is 10.5. The fraction of sp³-hybridized carbons (Fsp3) is 0.583. The number of nitrogens with one attached hydrogen (secondary N) is 2. The number of hydrogen-bond donors (Lipinski definition) is 2. The van der Waals surface area contributed by atoms with Crippen LogP contribution in [0.2, 0.25) is 0 Å². The molecule has 4 heteroatoms. The summed E-state index contributed by atoms with van der Waals surface area (Å²) in [6, 6.07) is 7.78. The number of hydrogen-bond acceptors (Lipinski definition) is 2. The van der Waals surface area contributed by atoms with Crippen LogP contribution in [0.1, 0.15) is 65.4 Å². The minimum atomic E-state index is -0.800. The van der Waals surface area contributed by atoms with Crippen molar-refractivity contribution in [3.05, 3.63) is 41.5 Å². The molecule has 2 aliphatic rings. The highest BCUT2D eigenvalue weighted by Gasteiger charge is 2.61. The summed E-state index contributed by atoms with van der Waals surface area (Å²) in [5.41, 5.74) is 2.23. The molecule has 2 aliphatic carbocycles. The second-order valence-corrected chi connectivity index (χ2v) is 9.47. The van der Waals surface area contributed by atoms with Crippen LogP contribution in [-0.4, -0.2) is 17.4 Å². The maximum atomic E-state index is 13.3. The molecular weight excluding hydrogens is 348 g/mol. The van der Waals surface area contributed by atoms with Crippen LogP contribution in [0.5, 0.6) is 0 Å². The molecule has 152 valence electrons. The molecule has 0 bridgehead atoms. The van der Waals surface area contributed by atoms with Crippen LogP contribution in [0.4, 0.5) is 5.69 Å². The number of amides is 2. The summed E-state index contributed by atoms with van der Waals surface area (Å²) < 4.78 is 0. The third-order valence-electron chi connectivity index (χ3n) is 6.60. The van der Waals surface area contributed by atoms with E-state index in [-0.39, 0.29) is 29.1 Å². The lowest BCUT2D eigenvalue weighted by molar-refractivity contribution is -0.133. The Labute approximate surface area is 169 Å². The summed E-state index contributed by atoms with van der Waals surface area (Å²) in [6.07, 6.45) is 6.66. The summed E-state index contributed by atoms with van der Waals surface area (Å²) in [4.78, 5) is 26.5. The van der Waals surface area contributed by atoms with Gasteiger partial charge in [0.15, 0.2) is 0 Å². The van der Waals surface area contributed by atoms with Gasteiger partial charge in [-0.3, -0.25) is 9.59 Å². The van der Waals surface area contributed by atoms with E-state index in [1.165, 1.54) is 5.57 Å². The molecule has 28 heavy (non-hydrogen) atoms. The molecule has 1 aromatic rings. The van der Waals surface area contributed by atoms with Gasteiger partial charge >= 0.3 is 0 Å². The Morgan fingerprint density at radius 2 is 1.71 bits per heavy atom. The highest BCUT2D eigenvalue weighted by atomic mass is 16.2. The number of allylic oxidation sites excluding steroid dienone is 2. The van der Waals surface area contributed by atoms with Gasteiger partial charge in [-0.1, -0.05) is 63.0 Å². The highest BCUT2D eigenvalue weighted by Crippen LogP contribution is 2.59. The van der Waals surface area contributed by atoms with Crippen LogP contribution in [0.25, 0.3) is 0 Å². The SMILES string of the molecule is CC(C)=CC1C(C(=O)NC2(C(=O)Nc3ccccc3C)CCCCC2)C1(C)C. The van der Waals surface area contributed by atoms with Crippen molar-refractivity contribution in [3.63, 3.8) is 0 Å². The zero-order chi connectivity index (χ0) is 20.5. The molecule has 1 aromatic carbocycles. The predicted octanol–water partition coefficient (Wildman–Crippen LogP) is 4.99. The van der Waals surface area contributed by atoms with Crippen molar-refractivity contribution in [1.82, 2.24) is 5.32 Å². The van der Waals surface area contributed by atoms with Gasteiger partial charge in [0.2, 0.25) is 11.8 Å². The van der Waals surface area contributed by atoms with Crippen LogP contribution in [-0.2, 0) is 9.59 Å². The van der Waals surface area contributed by atoms with Crippen molar-refractivity contribution in [1.29, 1.82) is 0 Å². The Kier molecular flexibility index (Phi) is 5.69. The minimum Gasteiger partial charge on any atom is -0.341 e. The molecule has 2 N–H and O–H groups in total. The van der Waals surface area contributed by atoms with E-state index in [4.69, 9.17) is 0 Å². The average Bonchev–Trinajstić information content (AvgIpc) is 3.17. The Bertz CT molecular complexity index is 784. The molecule has 0 radical (unpaired) electrons. The molecule has 0 spiro atoms. The van der Waals surface area contributed by atoms with Crippen molar-refractivity contribution in [2.75, 3.05) is 5.32 Å². The van der Waals surface area contributed by atoms with Gasteiger partial charge in [0.25, 0.3) is 0 Å². The number of carbonyl (C=O) groups excluding carboxylic acids is 2. The first kappa shape index (κ1) is 20.6. The van der Waals surface area contributed by atoms with Crippen LogP contribution in [0.3, 0.4) is 0 Å². The molecule has 2 fully saturated rings. The minimum absolute atomic E-state index is 0.0225. The van der Waals surface area contributed by atoms with E-state index < -0.39 is 5.54 Å². The fourth-order valence-corrected chi connectivity index (χ4v) is 4.68. The lowest BCUT2D eigenvalue weighted by Gasteiger charge is -2.37. The first-order valence-corrected chi connectivity index (χ1v) is 10.5. The number of benzene rings is 1. The zero-order valence-electron chi connectivity index (χ0n) is 17.9. The van der Waals surface area contributed by atoms with Gasteiger partial charge in [0.1, 0.15) is 5.54 Å². The maximum absolute atomic E-state index is 13.3. The molecule has 2 unspecified atom stereocenters. The number of rotatable bonds is 5. The topological polar surface area (TPSA) is 58.2 Å². The van der Waals surface area contributed by atoms with Gasteiger partial charge in [-0.05, 0) is 56.6 Å². The smallest absolute Gasteiger partial charge is 0.250 e. The third kappa shape index (κ3) is 4.01. The molecule has 3 rings (SSSR count). The Morgan fingerprint density at radius 1 is 1.07 bits per heavy atom. The number of carbonyl (C=O) groups is 2. The average molecular weight is 383 g/mol.